The molecule has 2 aromatic heterocycles. The Bertz CT molecular complexity index is 1590. The van der Waals surface area contributed by atoms with E-state index in [0.717, 1.165) is 17.7 Å². The first kappa shape index (κ1) is 23.8. The second-order valence-electron chi connectivity index (χ2n) is 8.86. The summed E-state index contributed by atoms with van der Waals surface area (Å²) < 4.78 is 3.50. The van der Waals surface area contributed by atoms with Crippen molar-refractivity contribution in [1.29, 1.82) is 0 Å². The predicted molar refractivity (Wildman–Crippen MR) is 144 cm³/mol. The molecule has 1 N–H and O–H groups in total. The third kappa shape index (κ3) is 4.64. The van der Waals surface area contributed by atoms with Crippen molar-refractivity contribution in [3.8, 4) is 5.69 Å². The number of nitrogens with zero attached hydrogens (tertiary/aromatic N) is 4. The number of carbonyl (C=O) groups is 1. The number of hydrogen-bond donors (Lipinski definition) is 1. The summed E-state index contributed by atoms with van der Waals surface area (Å²) in [7, 11) is 0. The van der Waals surface area contributed by atoms with Crippen molar-refractivity contribution in [2.45, 2.75) is 31.3 Å². The molecule has 0 spiro atoms. The fraction of sp³-hybridized carbons (Fsp3) is 0.214. The summed E-state index contributed by atoms with van der Waals surface area (Å²) in [6.45, 7) is 4.77. The van der Waals surface area contributed by atoms with Crippen LogP contribution in [0.1, 0.15) is 30.9 Å². The molecule has 36 heavy (non-hydrogen) atoms. The van der Waals surface area contributed by atoms with Gasteiger partial charge in [0.1, 0.15) is 0 Å². The zero-order valence-corrected chi connectivity index (χ0v) is 21.0. The van der Waals surface area contributed by atoms with Gasteiger partial charge < -0.3 is 5.32 Å². The van der Waals surface area contributed by atoms with E-state index >= 15 is 0 Å². The number of carbonyl (C=O) groups excluding carboxylic acids is 1. The molecule has 0 unspecified atom stereocenters. The lowest BCUT2D eigenvalue weighted by molar-refractivity contribution is -0.118. The fourth-order valence-corrected chi connectivity index (χ4v) is 5.11. The summed E-state index contributed by atoms with van der Waals surface area (Å²) >= 11 is 1.31. The molecular weight excluding hydrogens is 470 g/mol. The van der Waals surface area contributed by atoms with Gasteiger partial charge in [-0.05, 0) is 41.7 Å². The van der Waals surface area contributed by atoms with E-state index in [1.807, 2.05) is 83.3 Å². The van der Waals surface area contributed by atoms with Gasteiger partial charge in [-0.15, -0.1) is 10.2 Å². The number of nitrogens with one attached hydrogen (secondary N) is 1. The van der Waals surface area contributed by atoms with E-state index in [0.29, 0.717) is 28.4 Å². The molecule has 5 rings (SSSR count). The molecule has 0 saturated heterocycles. The molecule has 0 bridgehead atoms. The van der Waals surface area contributed by atoms with Crippen LogP contribution >= 0.6 is 11.8 Å². The Morgan fingerprint density at radius 3 is 2.47 bits per heavy atom. The highest BCUT2D eigenvalue weighted by molar-refractivity contribution is 7.99. The molecule has 2 heterocycles. The minimum atomic E-state index is -0.145. The molecule has 0 radical (unpaired) electrons. The van der Waals surface area contributed by atoms with Crippen LogP contribution in [0.3, 0.4) is 0 Å². The molecule has 0 aliphatic carbocycles. The maximum absolute atomic E-state index is 13.6. The number of benzene rings is 3. The molecule has 0 saturated carbocycles. The molecule has 7 nitrogen and oxygen atoms in total. The summed E-state index contributed by atoms with van der Waals surface area (Å²) in [5.74, 6) is 0.774. The molecule has 3 aromatic carbocycles. The molecule has 8 heteroatoms. The van der Waals surface area contributed by atoms with E-state index in [1.165, 1.54) is 17.3 Å². The highest BCUT2D eigenvalue weighted by Gasteiger charge is 2.20. The average Bonchev–Trinajstić information content (AvgIpc) is 3.32. The van der Waals surface area contributed by atoms with E-state index < -0.39 is 0 Å². The molecule has 5 aromatic rings. The number of rotatable bonds is 8. The van der Waals surface area contributed by atoms with E-state index in [-0.39, 0.29) is 23.1 Å². The average molecular weight is 498 g/mol. The predicted octanol–water partition coefficient (Wildman–Crippen LogP) is 4.61. The van der Waals surface area contributed by atoms with Crippen LogP contribution in [0.2, 0.25) is 0 Å². The van der Waals surface area contributed by atoms with Crippen LogP contribution < -0.4 is 10.9 Å². The second-order valence-corrected chi connectivity index (χ2v) is 9.81. The fourth-order valence-electron chi connectivity index (χ4n) is 4.34. The Labute approximate surface area is 213 Å². The SMILES string of the molecule is CC(C)c1ccccc1-n1c(=O)c2ccccc2n2c(SCC(=O)NCCc3ccccc3)nnc12. The third-order valence-corrected chi connectivity index (χ3v) is 7.03. The van der Waals surface area contributed by atoms with Crippen molar-refractivity contribution in [2.75, 3.05) is 12.3 Å². The lowest BCUT2D eigenvalue weighted by atomic mass is 10.0. The van der Waals surface area contributed by atoms with Crippen molar-refractivity contribution in [3.05, 3.63) is 100 Å². The third-order valence-electron chi connectivity index (χ3n) is 6.11. The van der Waals surface area contributed by atoms with Gasteiger partial charge in [-0.1, -0.05) is 86.3 Å². The first-order chi connectivity index (χ1) is 17.5. The number of thioether (sulfide) groups is 1. The Morgan fingerprint density at radius 1 is 0.944 bits per heavy atom. The van der Waals surface area contributed by atoms with Gasteiger partial charge in [0, 0.05) is 6.54 Å². The zero-order valence-electron chi connectivity index (χ0n) is 20.2. The molecule has 0 atom stereocenters. The van der Waals surface area contributed by atoms with E-state index in [1.54, 1.807) is 4.57 Å². The van der Waals surface area contributed by atoms with Crippen LogP contribution in [0.5, 0.6) is 0 Å². The number of para-hydroxylation sites is 2. The van der Waals surface area contributed by atoms with Crippen LogP contribution in [0.4, 0.5) is 0 Å². The van der Waals surface area contributed by atoms with Crippen LogP contribution in [-0.2, 0) is 11.2 Å². The largest absolute Gasteiger partial charge is 0.355 e. The van der Waals surface area contributed by atoms with Gasteiger partial charge >= 0.3 is 0 Å². The van der Waals surface area contributed by atoms with Crippen molar-refractivity contribution in [3.63, 3.8) is 0 Å². The molecule has 0 fully saturated rings. The maximum atomic E-state index is 13.6. The van der Waals surface area contributed by atoms with Crippen LogP contribution in [-0.4, -0.2) is 37.4 Å². The highest BCUT2D eigenvalue weighted by atomic mass is 32.2. The quantitative estimate of drug-likeness (QED) is 0.317. The number of aromatic nitrogens is 4. The smallest absolute Gasteiger partial charge is 0.267 e. The highest BCUT2D eigenvalue weighted by Crippen LogP contribution is 2.27. The number of fused-ring (bicyclic) bond motifs is 3. The molecule has 0 aliphatic rings. The van der Waals surface area contributed by atoms with Gasteiger partial charge in [0.05, 0.1) is 22.3 Å². The molecule has 182 valence electrons. The van der Waals surface area contributed by atoms with Crippen LogP contribution in [0.15, 0.2) is 88.8 Å². The van der Waals surface area contributed by atoms with E-state index in [2.05, 4.69) is 29.4 Å². The molecular formula is C28H27N5O2S. The maximum Gasteiger partial charge on any atom is 0.267 e. The Balaban J connectivity index is 1.47. The van der Waals surface area contributed by atoms with E-state index in [9.17, 15) is 9.59 Å². The Morgan fingerprint density at radius 2 is 1.67 bits per heavy atom. The van der Waals surface area contributed by atoms with Crippen molar-refractivity contribution in [2.24, 2.45) is 0 Å². The number of amides is 1. The summed E-state index contributed by atoms with van der Waals surface area (Å²) in [6, 6.07) is 25.4. The Kier molecular flexibility index (Phi) is 6.86. The van der Waals surface area contributed by atoms with Gasteiger partial charge in [0.2, 0.25) is 11.7 Å². The summed E-state index contributed by atoms with van der Waals surface area (Å²) in [5, 5.41) is 12.9. The van der Waals surface area contributed by atoms with Crippen molar-refractivity contribution in [1.82, 2.24) is 24.5 Å². The molecule has 0 aliphatic heterocycles. The van der Waals surface area contributed by atoms with Gasteiger partial charge in [0.25, 0.3) is 5.56 Å². The Hall–Kier alpha value is -3.91. The minimum absolute atomic E-state index is 0.0736. The van der Waals surface area contributed by atoms with Gasteiger partial charge in [-0.25, -0.2) is 4.57 Å². The summed E-state index contributed by atoms with van der Waals surface area (Å²) in [6.07, 6.45) is 0.775. The minimum Gasteiger partial charge on any atom is -0.355 e. The van der Waals surface area contributed by atoms with E-state index in [4.69, 9.17) is 0 Å². The first-order valence-corrected chi connectivity index (χ1v) is 12.9. The summed E-state index contributed by atoms with van der Waals surface area (Å²) in [5.41, 5.74) is 3.59. The lowest BCUT2D eigenvalue weighted by Gasteiger charge is -2.16. The second kappa shape index (κ2) is 10.4. The van der Waals surface area contributed by atoms with Gasteiger partial charge in [-0.3, -0.25) is 14.0 Å². The summed E-state index contributed by atoms with van der Waals surface area (Å²) in [4.78, 5) is 26.2. The van der Waals surface area contributed by atoms with Crippen LogP contribution in [0, 0.1) is 0 Å². The zero-order chi connectivity index (χ0) is 25.1. The topological polar surface area (TPSA) is 81.3 Å². The monoisotopic (exact) mass is 497 g/mol. The number of hydrogen-bond acceptors (Lipinski definition) is 5. The first-order valence-electron chi connectivity index (χ1n) is 12.0. The molecule has 1 amide bonds. The normalized spacial score (nSPS) is 11.4. The van der Waals surface area contributed by atoms with Crippen molar-refractivity contribution < 1.29 is 4.79 Å². The van der Waals surface area contributed by atoms with Crippen LogP contribution in [0.25, 0.3) is 22.4 Å². The van der Waals surface area contributed by atoms with Gasteiger partial charge in [0.15, 0.2) is 5.16 Å². The van der Waals surface area contributed by atoms with Crippen molar-refractivity contribution >= 4 is 34.3 Å². The lowest BCUT2D eigenvalue weighted by Crippen LogP contribution is -2.27. The standard InChI is InChI=1S/C28H27N5O2S/c1-19(2)21-12-6-8-14-23(21)32-26(35)22-13-7-9-15-24(22)33-27(32)30-31-28(33)36-18-25(34)29-17-16-20-10-4-3-5-11-20/h3-15,19H,16-18H2,1-2H3,(H,29,34). The van der Waals surface area contributed by atoms with Gasteiger partial charge in [-0.2, -0.15) is 0 Å².